The van der Waals surface area contributed by atoms with Crippen molar-refractivity contribution in [2.45, 2.75) is 6.92 Å². The number of aromatic nitrogens is 1. The second-order valence-corrected chi connectivity index (χ2v) is 2.38. The lowest BCUT2D eigenvalue weighted by molar-refractivity contribution is 1.35. The van der Waals surface area contributed by atoms with Gasteiger partial charge in [-0.15, -0.1) is 0 Å². The molecule has 0 aromatic carbocycles. The van der Waals surface area contributed by atoms with E-state index in [2.05, 4.69) is 20.9 Å². The fourth-order valence-electron chi connectivity index (χ4n) is 0.466. The Labute approximate surface area is 50.9 Å². The van der Waals surface area contributed by atoms with Crippen molar-refractivity contribution in [3.05, 3.63) is 22.4 Å². The lowest BCUT2D eigenvalue weighted by atomic mass is 10.4. The molecule has 0 atom stereocenters. The molecule has 38 valence electrons. The molecule has 1 aromatic heterocycles. The van der Waals surface area contributed by atoms with Crippen LogP contribution < -0.4 is 0 Å². The Morgan fingerprint density at radius 1 is 1.71 bits per heavy atom. The summed E-state index contributed by atoms with van der Waals surface area (Å²) in [6.45, 7) is 2.04. The number of halogens is 1. The van der Waals surface area contributed by atoms with E-state index in [1.807, 2.05) is 19.2 Å². The van der Waals surface area contributed by atoms with Gasteiger partial charge in [-0.2, -0.15) is 0 Å². The topological polar surface area (TPSA) is 15.8 Å². The summed E-state index contributed by atoms with van der Waals surface area (Å²) in [5, 5.41) is 0. The van der Waals surface area contributed by atoms with Gasteiger partial charge >= 0.3 is 0 Å². The van der Waals surface area contributed by atoms with Crippen molar-refractivity contribution < 1.29 is 0 Å². The fraction of sp³-hybridized carbons (Fsp3) is 0.200. The number of H-pyrrole nitrogens is 1. The van der Waals surface area contributed by atoms with E-state index < -0.39 is 0 Å². The van der Waals surface area contributed by atoms with Gasteiger partial charge in [0.2, 0.25) is 0 Å². The van der Waals surface area contributed by atoms with Gasteiger partial charge in [0.1, 0.15) is 0 Å². The van der Waals surface area contributed by atoms with Crippen molar-refractivity contribution in [1.82, 2.24) is 4.98 Å². The Morgan fingerprint density at radius 3 is 2.57 bits per heavy atom. The molecule has 2 heteroatoms. The van der Waals surface area contributed by atoms with E-state index in [9.17, 15) is 0 Å². The molecule has 0 bridgehead atoms. The van der Waals surface area contributed by atoms with Crippen molar-refractivity contribution in [2.24, 2.45) is 0 Å². The zero-order valence-electron chi connectivity index (χ0n) is 4.03. The molecule has 0 radical (unpaired) electrons. The summed E-state index contributed by atoms with van der Waals surface area (Å²) in [5.41, 5.74) is 1.26. The third-order valence-electron chi connectivity index (χ3n) is 0.792. The number of hydrogen-bond donors (Lipinski definition) is 1. The molecule has 0 fully saturated rings. The Kier molecular flexibility index (Phi) is 1.19. The zero-order chi connectivity index (χ0) is 5.28. The lowest BCUT2D eigenvalue weighted by Crippen LogP contribution is -1.51. The molecule has 0 aliphatic heterocycles. The van der Waals surface area contributed by atoms with Crippen molar-refractivity contribution in [3.63, 3.8) is 0 Å². The monoisotopic (exact) mass is 159 g/mol. The summed E-state index contributed by atoms with van der Waals surface area (Å²) in [6, 6.07) is 2.03. The van der Waals surface area contributed by atoms with Crippen LogP contribution in [0.4, 0.5) is 0 Å². The highest BCUT2D eigenvalue weighted by molar-refractivity contribution is 9.10. The van der Waals surface area contributed by atoms with E-state index >= 15 is 0 Å². The van der Waals surface area contributed by atoms with Crippen LogP contribution in [0.1, 0.15) is 5.56 Å². The van der Waals surface area contributed by atoms with E-state index in [0.717, 1.165) is 4.60 Å². The molecule has 0 spiro atoms. The van der Waals surface area contributed by atoms with Crippen LogP contribution in [0.25, 0.3) is 0 Å². The van der Waals surface area contributed by atoms with Crippen LogP contribution in [-0.2, 0) is 0 Å². The number of aromatic amines is 1. The molecule has 1 nitrogen and oxygen atoms in total. The van der Waals surface area contributed by atoms with Crippen LogP contribution in [0.3, 0.4) is 0 Å². The number of aryl methyl sites for hydroxylation is 1. The molecule has 0 aliphatic carbocycles. The van der Waals surface area contributed by atoms with Crippen molar-refractivity contribution in [1.29, 1.82) is 0 Å². The minimum Gasteiger partial charge on any atom is -0.356 e. The Balaban J connectivity index is 3.04. The normalized spacial score (nSPS) is 9.43. The summed E-state index contributed by atoms with van der Waals surface area (Å²) in [6.07, 6.45) is 1.95. The van der Waals surface area contributed by atoms with Gasteiger partial charge in [0, 0.05) is 6.20 Å². The Hall–Kier alpha value is -0.240. The first-order valence-corrected chi connectivity index (χ1v) is 2.89. The molecule has 7 heavy (non-hydrogen) atoms. The summed E-state index contributed by atoms with van der Waals surface area (Å²) in [4.78, 5) is 2.98. The lowest BCUT2D eigenvalue weighted by Gasteiger charge is -1.68. The minimum atomic E-state index is 1.05. The molecule has 1 aromatic rings. The molecule has 0 saturated heterocycles. The van der Waals surface area contributed by atoms with Gasteiger partial charge in [-0.3, -0.25) is 0 Å². The van der Waals surface area contributed by atoms with Gasteiger partial charge in [-0.1, -0.05) is 0 Å². The third kappa shape index (κ3) is 1.06. The largest absolute Gasteiger partial charge is 0.356 e. The van der Waals surface area contributed by atoms with Crippen LogP contribution in [0, 0.1) is 6.92 Å². The molecule has 0 amide bonds. The fourth-order valence-corrected chi connectivity index (χ4v) is 0.942. The number of nitrogens with one attached hydrogen (secondary N) is 1. The molecule has 0 aliphatic rings. The molecule has 1 N–H and O–H groups in total. The summed E-state index contributed by atoms with van der Waals surface area (Å²) in [7, 11) is 0. The van der Waals surface area contributed by atoms with Crippen molar-refractivity contribution >= 4 is 15.9 Å². The number of hydrogen-bond acceptors (Lipinski definition) is 0. The maximum atomic E-state index is 3.28. The quantitative estimate of drug-likeness (QED) is 0.597. The van der Waals surface area contributed by atoms with Gasteiger partial charge < -0.3 is 4.98 Å². The predicted molar refractivity (Wildman–Crippen MR) is 33.2 cm³/mol. The molecule has 0 unspecified atom stereocenters. The van der Waals surface area contributed by atoms with Gasteiger partial charge in [0.15, 0.2) is 0 Å². The van der Waals surface area contributed by atoms with Gasteiger partial charge in [-0.25, -0.2) is 0 Å². The Morgan fingerprint density at radius 2 is 2.43 bits per heavy atom. The number of rotatable bonds is 0. The Bertz CT molecular complexity index is 140. The zero-order valence-corrected chi connectivity index (χ0v) is 5.62. The van der Waals surface area contributed by atoms with E-state index in [0.29, 0.717) is 0 Å². The highest BCUT2D eigenvalue weighted by atomic mass is 79.9. The molecular weight excluding hydrogens is 154 g/mol. The van der Waals surface area contributed by atoms with Crippen LogP contribution in [0.2, 0.25) is 0 Å². The summed E-state index contributed by atoms with van der Waals surface area (Å²) >= 11 is 3.28. The second-order valence-electron chi connectivity index (χ2n) is 1.52. The average Bonchev–Trinajstić information content (AvgIpc) is 1.87. The molecule has 1 heterocycles. The van der Waals surface area contributed by atoms with Crippen LogP contribution in [0.5, 0.6) is 0 Å². The van der Waals surface area contributed by atoms with Crippen LogP contribution in [0.15, 0.2) is 16.9 Å². The highest BCUT2D eigenvalue weighted by Gasteiger charge is 1.84. The van der Waals surface area contributed by atoms with E-state index in [1.165, 1.54) is 5.56 Å². The van der Waals surface area contributed by atoms with Gasteiger partial charge in [-0.05, 0) is 34.5 Å². The van der Waals surface area contributed by atoms with Crippen LogP contribution >= 0.6 is 15.9 Å². The summed E-state index contributed by atoms with van der Waals surface area (Å²) < 4.78 is 1.05. The highest BCUT2D eigenvalue weighted by Crippen LogP contribution is 2.07. The minimum absolute atomic E-state index is 1.05. The first kappa shape index (κ1) is 4.91. The SMILES string of the molecule is Cc1c[nH]c(Br)c1. The van der Waals surface area contributed by atoms with E-state index in [-0.39, 0.29) is 0 Å². The predicted octanol–water partition coefficient (Wildman–Crippen LogP) is 2.09. The van der Waals surface area contributed by atoms with Crippen molar-refractivity contribution in [2.75, 3.05) is 0 Å². The third-order valence-corrected chi connectivity index (χ3v) is 1.25. The van der Waals surface area contributed by atoms with Gasteiger partial charge in [0.25, 0.3) is 0 Å². The van der Waals surface area contributed by atoms with E-state index in [4.69, 9.17) is 0 Å². The molecule has 0 saturated carbocycles. The van der Waals surface area contributed by atoms with E-state index in [1.54, 1.807) is 0 Å². The standard InChI is InChI=1S/C5H6BrN/c1-4-2-5(6)7-3-4/h2-3,7H,1H3. The maximum Gasteiger partial charge on any atom is 0.0822 e. The summed E-state index contributed by atoms with van der Waals surface area (Å²) in [5.74, 6) is 0. The first-order valence-electron chi connectivity index (χ1n) is 2.09. The molecule has 1 rings (SSSR count). The first-order chi connectivity index (χ1) is 3.29. The molecular formula is C5H6BrN. The van der Waals surface area contributed by atoms with Crippen LogP contribution in [-0.4, -0.2) is 4.98 Å². The van der Waals surface area contributed by atoms with Gasteiger partial charge in [0.05, 0.1) is 4.60 Å². The smallest absolute Gasteiger partial charge is 0.0822 e. The average molecular weight is 160 g/mol. The maximum absolute atomic E-state index is 3.28. The second kappa shape index (κ2) is 1.70. The van der Waals surface area contributed by atoms with Crippen molar-refractivity contribution in [3.8, 4) is 0 Å².